The first kappa shape index (κ1) is 14.2. The first-order valence-electron chi connectivity index (χ1n) is 6.16. The fraction of sp³-hybridized carbons (Fsp3) is 0.583. The average Bonchev–Trinajstić information content (AvgIpc) is 2.77. The smallest absolute Gasteiger partial charge is 0.303 e. The minimum absolute atomic E-state index is 0.143. The Morgan fingerprint density at radius 2 is 2.22 bits per heavy atom. The Morgan fingerprint density at radius 3 is 2.89 bits per heavy atom. The largest absolute Gasteiger partial charge is 0.481 e. The average molecular weight is 253 g/mol. The van der Waals surface area contributed by atoms with E-state index in [1.54, 1.807) is 17.1 Å². The van der Waals surface area contributed by atoms with Crippen LogP contribution in [0, 0.1) is 0 Å². The molecule has 1 rings (SSSR count). The molecular formula is C12H19N3O3. The number of carboxylic acid groups (broad SMARTS) is 1. The van der Waals surface area contributed by atoms with Crippen molar-refractivity contribution in [3.05, 3.63) is 18.0 Å². The van der Waals surface area contributed by atoms with Gasteiger partial charge in [0.05, 0.1) is 11.8 Å². The Hall–Kier alpha value is -1.85. The Labute approximate surface area is 106 Å². The van der Waals surface area contributed by atoms with Crippen LogP contribution >= 0.6 is 0 Å². The molecule has 0 atom stereocenters. The maximum absolute atomic E-state index is 11.7. The van der Waals surface area contributed by atoms with Gasteiger partial charge < -0.3 is 10.4 Å². The van der Waals surface area contributed by atoms with Crippen LogP contribution in [0.25, 0.3) is 0 Å². The minimum Gasteiger partial charge on any atom is -0.481 e. The van der Waals surface area contributed by atoms with E-state index in [0.29, 0.717) is 24.9 Å². The molecule has 1 heterocycles. The zero-order chi connectivity index (χ0) is 13.4. The fourth-order valence-corrected chi connectivity index (χ4v) is 1.54. The molecule has 0 saturated carbocycles. The van der Waals surface area contributed by atoms with E-state index in [-0.39, 0.29) is 12.3 Å². The molecule has 1 aromatic heterocycles. The molecule has 100 valence electrons. The van der Waals surface area contributed by atoms with Gasteiger partial charge in [0.15, 0.2) is 0 Å². The second-order valence-electron chi connectivity index (χ2n) is 4.10. The lowest BCUT2D eigenvalue weighted by Gasteiger charge is -2.02. The van der Waals surface area contributed by atoms with Gasteiger partial charge in [0.2, 0.25) is 0 Å². The van der Waals surface area contributed by atoms with Crippen molar-refractivity contribution in [2.45, 2.75) is 39.2 Å². The Morgan fingerprint density at radius 1 is 1.44 bits per heavy atom. The topological polar surface area (TPSA) is 84.2 Å². The standard InChI is InChI=1S/C12H19N3O3/c1-2-7-15-9-10(8-14-15)12(18)13-6-4-3-5-11(16)17/h8-9H,2-7H2,1H3,(H,13,18)(H,16,17). The molecule has 0 saturated heterocycles. The molecule has 0 aromatic carbocycles. The second kappa shape index (κ2) is 7.47. The number of aromatic nitrogens is 2. The monoisotopic (exact) mass is 253 g/mol. The number of hydrogen-bond acceptors (Lipinski definition) is 3. The summed E-state index contributed by atoms with van der Waals surface area (Å²) in [4.78, 5) is 22.0. The predicted octanol–water partition coefficient (Wildman–Crippen LogP) is 1.28. The van der Waals surface area contributed by atoms with Crippen LogP contribution in [0.1, 0.15) is 43.0 Å². The second-order valence-corrected chi connectivity index (χ2v) is 4.10. The number of amides is 1. The number of carboxylic acids is 1. The van der Waals surface area contributed by atoms with E-state index in [0.717, 1.165) is 13.0 Å². The highest BCUT2D eigenvalue weighted by molar-refractivity contribution is 5.93. The highest BCUT2D eigenvalue weighted by atomic mass is 16.4. The summed E-state index contributed by atoms with van der Waals surface area (Å²) >= 11 is 0. The number of aryl methyl sites for hydroxylation is 1. The van der Waals surface area contributed by atoms with Crippen LogP contribution in [-0.4, -0.2) is 33.3 Å². The molecule has 6 nitrogen and oxygen atoms in total. The molecule has 6 heteroatoms. The maximum Gasteiger partial charge on any atom is 0.303 e. The van der Waals surface area contributed by atoms with Crippen molar-refractivity contribution in [1.29, 1.82) is 0 Å². The molecule has 1 aromatic rings. The van der Waals surface area contributed by atoms with Crippen LogP contribution in [0.2, 0.25) is 0 Å². The van der Waals surface area contributed by atoms with Crippen molar-refractivity contribution in [1.82, 2.24) is 15.1 Å². The van der Waals surface area contributed by atoms with E-state index in [4.69, 9.17) is 5.11 Å². The van der Waals surface area contributed by atoms with E-state index in [9.17, 15) is 9.59 Å². The lowest BCUT2D eigenvalue weighted by molar-refractivity contribution is -0.137. The lowest BCUT2D eigenvalue weighted by Crippen LogP contribution is -2.24. The van der Waals surface area contributed by atoms with Gasteiger partial charge >= 0.3 is 5.97 Å². The molecule has 0 aliphatic carbocycles. The van der Waals surface area contributed by atoms with Crippen molar-refractivity contribution in [2.24, 2.45) is 0 Å². The number of unbranched alkanes of at least 4 members (excludes halogenated alkanes) is 1. The SMILES string of the molecule is CCCn1cc(C(=O)NCCCCC(=O)O)cn1. The van der Waals surface area contributed by atoms with Crippen LogP contribution < -0.4 is 5.32 Å². The summed E-state index contributed by atoms with van der Waals surface area (Å²) in [6.07, 6.45) is 5.62. The quantitative estimate of drug-likeness (QED) is 0.683. The number of nitrogens with one attached hydrogen (secondary N) is 1. The fourth-order valence-electron chi connectivity index (χ4n) is 1.54. The summed E-state index contributed by atoms with van der Waals surface area (Å²) in [7, 11) is 0. The summed E-state index contributed by atoms with van der Waals surface area (Å²) < 4.78 is 1.74. The number of carbonyl (C=O) groups is 2. The number of nitrogens with zero attached hydrogens (tertiary/aromatic N) is 2. The summed E-state index contributed by atoms with van der Waals surface area (Å²) in [6, 6.07) is 0. The van der Waals surface area contributed by atoms with Gasteiger partial charge in [-0.25, -0.2) is 0 Å². The van der Waals surface area contributed by atoms with Gasteiger partial charge in [-0.3, -0.25) is 14.3 Å². The zero-order valence-electron chi connectivity index (χ0n) is 10.6. The molecule has 0 radical (unpaired) electrons. The van der Waals surface area contributed by atoms with Crippen molar-refractivity contribution < 1.29 is 14.7 Å². The van der Waals surface area contributed by atoms with Gasteiger partial charge in [-0.15, -0.1) is 0 Å². The molecular weight excluding hydrogens is 234 g/mol. The molecule has 0 fully saturated rings. The van der Waals surface area contributed by atoms with E-state index >= 15 is 0 Å². The Balaban J connectivity index is 2.25. The van der Waals surface area contributed by atoms with Crippen molar-refractivity contribution in [3.8, 4) is 0 Å². The molecule has 0 bridgehead atoms. The van der Waals surface area contributed by atoms with E-state index in [1.165, 1.54) is 0 Å². The third-order valence-electron chi connectivity index (χ3n) is 2.45. The van der Waals surface area contributed by atoms with Crippen LogP contribution in [0.15, 0.2) is 12.4 Å². The van der Waals surface area contributed by atoms with Crippen molar-refractivity contribution in [2.75, 3.05) is 6.54 Å². The number of rotatable bonds is 8. The van der Waals surface area contributed by atoms with Gasteiger partial charge in [-0.05, 0) is 19.3 Å². The van der Waals surface area contributed by atoms with Gasteiger partial charge in [0.1, 0.15) is 0 Å². The molecule has 0 aliphatic heterocycles. The third-order valence-corrected chi connectivity index (χ3v) is 2.45. The molecule has 2 N–H and O–H groups in total. The highest BCUT2D eigenvalue weighted by Crippen LogP contribution is 1.99. The van der Waals surface area contributed by atoms with Crippen LogP contribution in [0.5, 0.6) is 0 Å². The van der Waals surface area contributed by atoms with E-state index in [1.807, 2.05) is 6.92 Å². The van der Waals surface area contributed by atoms with Crippen LogP contribution in [0.4, 0.5) is 0 Å². The molecule has 18 heavy (non-hydrogen) atoms. The Bertz CT molecular complexity index is 401. The first-order chi connectivity index (χ1) is 8.63. The van der Waals surface area contributed by atoms with Crippen LogP contribution in [-0.2, 0) is 11.3 Å². The number of hydrogen-bond donors (Lipinski definition) is 2. The summed E-state index contributed by atoms with van der Waals surface area (Å²) in [6.45, 7) is 3.33. The number of carbonyl (C=O) groups excluding carboxylic acids is 1. The van der Waals surface area contributed by atoms with Crippen molar-refractivity contribution in [3.63, 3.8) is 0 Å². The van der Waals surface area contributed by atoms with Gasteiger partial charge in [0, 0.05) is 25.7 Å². The van der Waals surface area contributed by atoms with Gasteiger partial charge in [-0.1, -0.05) is 6.92 Å². The van der Waals surface area contributed by atoms with E-state index < -0.39 is 5.97 Å². The maximum atomic E-state index is 11.7. The normalized spacial score (nSPS) is 10.3. The van der Waals surface area contributed by atoms with Gasteiger partial charge in [-0.2, -0.15) is 5.10 Å². The number of aliphatic carboxylic acids is 1. The summed E-state index contributed by atoms with van der Waals surface area (Å²) in [5.74, 6) is -0.963. The summed E-state index contributed by atoms with van der Waals surface area (Å²) in [5, 5.41) is 15.3. The predicted molar refractivity (Wildman–Crippen MR) is 66.3 cm³/mol. The molecule has 1 amide bonds. The summed E-state index contributed by atoms with van der Waals surface area (Å²) in [5.41, 5.74) is 0.543. The Kier molecular flexibility index (Phi) is 5.90. The van der Waals surface area contributed by atoms with Gasteiger partial charge in [0.25, 0.3) is 5.91 Å². The van der Waals surface area contributed by atoms with Crippen LogP contribution in [0.3, 0.4) is 0 Å². The van der Waals surface area contributed by atoms with E-state index in [2.05, 4.69) is 10.4 Å². The first-order valence-corrected chi connectivity index (χ1v) is 6.16. The third kappa shape index (κ3) is 4.99. The molecule has 0 spiro atoms. The molecule has 0 aliphatic rings. The highest BCUT2D eigenvalue weighted by Gasteiger charge is 2.07. The lowest BCUT2D eigenvalue weighted by atomic mass is 10.2. The minimum atomic E-state index is -0.804. The zero-order valence-corrected chi connectivity index (χ0v) is 10.6. The van der Waals surface area contributed by atoms with Crippen molar-refractivity contribution >= 4 is 11.9 Å². The molecule has 0 unspecified atom stereocenters.